The number of hydrogen-bond donors (Lipinski definition) is 1. The van der Waals surface area contributed by atoms with E-state index >= 15 is 0 Å². The third kappa shape index (κ3) is 3.35. The van der Waals surface area contributed by atoms with Crippen LogP contribution in [0.3, 0.4) is 0 Å². The van der Waals surface area contributed by atoms with Gasteiger partial charge in [0.05, 0.1) is 19.3 Å². The lowest BCUT2D eigenvalue weighted by Crippen LogP contribution is -2.43. The Hall–Kier alpha value is -0.910. The molecule has 19 heavy (non-hydrogen) atoms. The fourth-order valence-corrected chi connectivity index (χ4v) is 3.21. The lowest BCUT2D eigenvalue weighted by molar-refractivity contribution is -0.122. The van der Waals surface area contributed by atoms with Gasteiger partial charge >= 0.3 is 0 Å². The lowest BCUT2D eigenvalue weighted by Gasteiger charge is -2.34. The van der Waals surface area contributed by atoms with E-state index in [-0.39, 0.29) is 17.9 Å². The number of carbonyl (C=O) groups is 1. The summed E-state index contributed by atoms with van der Waals surface area (Å²) in [7, 11) is 0. The Morgan fingerprint density at radius 3 is 2.89 bits per heavy atom. The Morgan fingerprint density at radius 2 is 2.26 bits per heavy atom. The number of nitrogens with one attached hydrogen (secondary N) is 1. The Labute approximate surface area is 117 Å². The number of thiophene rings is 1. The molecule has 0 aromatic carbocycles. The van der Waals surface area contributed by atoms with Crippen molar-refractivity contribution in [2.75, 3.05) is 32.8 Å². The molecule has 0 radical (unpaired) electrons. The molecule has 2 heterocycles. The molecule has 1 saturated heterocycles. The molecule has 1 aliphatic heterocycles. The molecule has 0 unspecified atom stereocenters. The molecule has 5 heteroatoms. The van der Waals surface area contributed by atoms with Crippen LogP contribution in [0.2, 0.25) is 0 Å². The van der Waals surface area contributed by atoms with E-state index in [1.54, 1.807) is 11.3 Å². The predicted molar refractivity (Wildman–Crippen MR) is 75.2 cm³/mol. The number of ether oxygens (including phenoxy) is 1. The second kappa shape index (κ2) is 6.03. The summed E-state index contributed by atoms with van der Waals surface area (Å²) in [4.78, 5) is 14.2. The molecule has 1 atom stereocenters. The van der Waals surface area contributed by atoms with Gasteiger partial charge in [0.1, 0.15) is 0 Å². The summed E-state index contributed by atoms with van der Waals surface area (Å²) in [6.45, 7) is 4.18. The van der Waals surface area contributed by atoms with Gasteiger partial charge < -0.3 is 10.1 Å². The summed E-state index contributed by atoms with van der Waals surface area (Å²) in [5.41, 5.74) is 1.31. The highest BCUT2D eigenvalue weighted by molar-refractivity contribution is 7.07. The van der Waals surface area contributed by atoms with Gasteiger partial charge in [0.15, 0.2) is 0 Å². The minimum absolute atomic E-state index is 0.230. The molecule has 1 N–H and O–H groups in total. The first-order chi connectivity index (χ1) is 9.34. The lowest BCUT2D eigenvalue weighted by atomic mass is 10.1. The quantitative estimate of drug-likeness (QED) is 0.891. The van der Waals surface area contributed by atoms with Crippen LogP contribution in [0.15, 0.2) is 16.8 Å². The summed E-state index contributed by atoms with van der Waals surface area (Å²) in [6.07, 6.45) is 2.12. The van der Waals surface area contributed by atoms with Gasteiger partial charge in [-0.1, -0.05) is 0 Å². The average molecular weight is 280 g/mol. The van der Waals surface area contributed by atoms with Gasteiger partial charge in [-0.05, 0) is 35.2 Å². The van der Waals surface area contributed by atoms with Crippen LogP contribution in [0.1, 0.15) is 24.4 Å². The monoisotopic (exact) mass is 280 g/mol. The number of amides is 1. The Morgan fingerprint density at radius 1 is 1.47 bits per heavy atom. The minimum atomic E-state index is 0.230. The third-order valence-electron chi connectivity index (χ3n) is 3.83. The van der Waals surface area contributed by atoms with Crippen molar-refractivity contribution in [1.29, 1.82) is 0 Å². The highest BCUT2D eigenvalue weighted by atomic mass is 32.1. The molecule has 4 nitrogen and oxygen atoms in total. The van der Waals surface area contributed by atoms with Crippen LogP contribution in [-0.4, -0.2) is 43.7 Å². The molecule has 2 fully saturated rings. The van der Waals surface area contributed by atoms with E-state index in [1.807, 2.05) is 0 Å². The van der Waals surface area contributed by atoms with Crippen molar-refractivity contribution in [3.8, 4) is 0 Å². The van der Waals surface area contributed by atoms with Gasteiger partial charge in [0.25, 0.3) is 0 Å². The number of carbonyl (C=O) groups excluding carboxylic acids is 1. The van der Waals surface area contributed by atoms with E-state index < -0.39 is 0 Å². The topological polar surface area (TPSA) is 41.6 Å². The van der Waals surface area contributed by atoms with Crippen molar-refractivity contribution in [3.63, 3.8) is 0 Å². The summed E-state index contributed by atoms with van der Waals surface area (Å²) in [6, 6.07) is 2.45. The summed E-state index contributed by atoms with van der Waals surface area (Å²) in [5.74, 6) is 0.515. The van der Waals surface area contributed by atoms with Crippen molar-refractivity contribution in [2.24, 2.45) is 5.92 Å². The molecule has 1 saturated carbocycles. The fourth-order valence-electron chi connectivity index (χ4n) is 2.50. The molecular weight excluding hydrogens is 260 g/mol. The average Bonchev–Trinajstić information content (AvgIpc) is 3.17. The van der Waals surface area contributed by atoms with Crippen LogP contribution < -0.4 is 5.32 Å². The van der Waals surface area contributed by atoms with Gasteiger partial charge in [-0.3, -0.25) is 9.69 Å². The molecule has 2 aliphatic rings. The molecule has 3 rings (SSSR count). The van der Waals surface area contributed by atoms with Crippen molar-refractivity contribution in [2.45, 2.75) is 18.9 Å². The first-order valence-electron chi connectivity index (χ1n) is 6.96. The second-order valence-corrected chi connectivity index (χ2v) is 6.02. The largest absolute Gasteiger partial charge is 0.379 e. The van der Waals surface area contributed by atoms with Crippen LogP contribution >= 0.6 is 11.3 Å². The third-order valence-corrected chi connectivity index (χ3v) is 4.53. The van der Waals surface area contributed by atoms with Gasteiger partial charge in [0.2, 0.25) is 5.91 Å². The first-order valence-corrected chi connectivity index (χ1v) is 7.90. The highest BCUT2D eigenvalue weighted by Crippen LogP contribution is 2.29. The van der Waals surface area contributed by atoms with Gasteiger partial charge in [-0.25, -0.2) is 0 Å². The second-order valence-electron chi connectivity index (χ2n) is 5.24. The number of nitrogens with zero attached hydrogens (tertiary/aromatic N) is 1. The zero-order valence-corrected chi connectivity index (χ0v) is 11.8. The molecular formula is C14H20N2O2S. The molecule has 0 spiro atoms. The van der Waals surface area contributed by atoms with E-state index in [2.05, 4.69) is 27.0 Å². The van der Waals surface area contributed by atoms with Crippen LogP contribution in [0.5, 0.6) is 0 Å². The van der Waals surface area contributed by atoms with Crippen LogP contribution in [0.25, 0.3) is 0 Å². The predicted octanol–water partition coefficient (Wildman–Crippen LogP) is 1.65. The maximum Gasteiger partial charge on any atom is 0.223 e. The van der Waals surface area contributed by atoms with E-state index in [1.165, 1.54) is 5.56 Å². The first kappa shape index (κ1) is 13.1. The Bertz CT molecular complexity index is 411. The van der Waals surface area contributed by atoms with Crippen molar-refractivity contribution < 1.29 is 9.53 Å². The van der Waals surface area contributed by atoms with Crippen molar-refractivity contribution in [1.82, 2.24) is 10.2 Å². The zero-order chi connectivity index (χ0) is 13.1. The van der Waals surface area contributed by atoms with E-state index in [4.69, 9.17) is 4.74 Å². The van der Waals surface area contributed by atoms with Crippen LogP contribution in [0, 0.1) is 5.92 Å². The summed E-state index contributed by atoms with van der Waals surface area (Å²) >= 11 is 1.71. The molecule has 104 valence electrons. The van der Waals surface area contributed by atoms with Gasteiger partial charge in [-0.15, -0.1) is 0 Å². The smallest absolute Gasteiger partial charge is 0.223 e. The van der Waals surface area contributed by atoms with Crippen LogP contribution in [-0.2, 0) is 9.53 Å². The standard InChI is InChI=1S/C14H20N2O2S/c17-14(11-1-2-11)15-9-13(12-3-8-19-10-12)16-4-6-18-7-5-16/h3,8,10-11,13H,1-2,4-7,9H2,(H,15,17)/t13-/m0/s1. The molecule has 0 bridgehead atoms. The highest BCUT2D eigenvalue weighted by Gasteiger charge is 2.31. The zero-order valence-electron chi connectivity index (χ0n) is 11.0. The van der Waals surface area contributed by atoms with Gasteiger partial charge in [-0.2, -0.15) is 11.3 Å². The van der Waals surface area contributed by atoms with Crippen molar-refractivity contribution >= 4 is 17.2 Å². The maximum atomic E-state index is 11.8. The minimum Gasteiger partial charge on any atom is -0.379 e. The molecule has 1 aromatic rings. The SMILES string of the molecule is O=C(NC[C@@H](c1ccsc1)N1CCOCC1)C1CC1. The number of rotatable bonds is 5. The van der Waals surface area contributed by atoms with E-state index in [0.717, 1.165) is 39.1 Å². The van der Waals surface area contributed by atoms with Crippen molar-refractivity contribution in [3.05, 3.63) is 22.4 Å². The van der Waals surface area contributed by atoms with Gasteiger partial charge in [0, 0.05) is 25.6 Å². The van der Waals surface area contributed by atoms with E-state index in [9.17, 15) is 4.79 Å². The maximum absolute atomic E-state index is 11.8. The Balaban J connectivity index is 1.63. The Kier molecular flexibility index (Phi) is 4.15. The normalized spacial score (nSPS) is 22.1. The molecule has 1 aromatic heterocycles. The van der Waals surface area contributed by atoms with Crippen LogP contribution in [0.4, 0.5) is 0 Å². The van der Waals surface area contributed by atoms with E-state index in [0.29, 0.717) is 6.54 Å². The fraction of sp³-hybridized carbons (Fsp3) is 0.643. The number of hydrogen-bond acceptors (Lipinski definition) is 4. The molecule has 1 aliphatic carbocycles. The number of morpholine rings is 1. The summed E-state index contributed by atoms with van der Waals surface area (Å²) in [5, 5.41) is 7.40. The summed E-state index contributed by atoms with van der Waals surface area (Å²) < 4.78 is 5.41. The molecule has 1 amide bonds.